The summed E-state index contributed by atoms with van der Waals surface area (Å²) in [7, 11) is 4.25. The van der Waals surface area contributed by atoms with Gasteiger partial charge in [0.2, 0.25) is 0 Å². The lowest BCUT2D eigenvalue weighted by atomic mass is 9.93. The summed E-state index contributed by atoms with van der Waals surface area (Å²) in [5.41, 5.74) is 5.65. The molecule has 2 unspecified atom stereocenters. The number of nitrogens with zero attached hydrogens (tertiary/aromatic N) is 1. The van der Waals surface area contributed by atoms with Crippen molar-refractivity contribution >= 4 is 0 Å². The summed E-state index contributed by atoms with van der Waals surface area (Å²) < 4.78 is 0. The van der Waals surface area contributed by atoms with Gasteiger partial charge in [-0.25, -0.2) is 0 Å². The zero-order chi connectivity index (χ0) is 9.56. The Morgan fingerprint density at radius 2 is 1.92 bits per heavy atom. The Hall–Kier alpha value is -0.0800. The molecule has 0 heterocycles. The second-order valence-corrected chi connectivity index (χ2v) is 4.11. The van der Waals surface area contributed by atoms with E-state index in [9.17, 15) is 0 Å². The molecule has 0 aliphatic carbocycles. The van der Waals surface area contributed by atoms with Crippen molar-refractivity contribution in [2.45, 2.75) is 26.7 Å². The molecule has 0 aliphatic rings. The van der Waals surface area contributed by atoms with Crippen LogP contribution < -0.4 is 5.73 Å². The fourth-order valence-corrected chi connectivity index (χ4v) is 1.70. The van der Waals surface area contributed by atoms with Crippen molar-refractivity contribution in [1.82, 2.24) is 4.90 Å². The summed E-state index contributed by atoms with van der Waals surface area (Å²) in [6.07, 6.45) is 2.49. The molecule has 2 atom stereocenters. The lowest BCUT2D eigenvalue weighted by Crippen LogP contribution is -2.24. The van der Waals surface area contributed by atoms with Crippen molar-refractivity contribution < 1.29 is 0 Å². The van der Waals surface area contributed by atoms with Crippen LogP contribution in [-0.4, -0.2) is 32.1 Å². The Kier molecular flexibility index (Phi) is 6.39. The molecule has 0 fully saturated rings. The number of hydrogen-bond donors (Lipinski definition) is 1. The maximum absolute atomic E-state index is 5.65. The molecule has 2 nitrogen and oxygen atoms in total. The molecule has 0 aliphatic heterocycles. The maximum Gasteiger partial charge on any atom is 0.000103 e. The van der Waals surface area contributed by atoms with Gasteiger partial charge in [0.05, 0.1) is 0 Å². The first-order valence-corrected chi connectivity index (χ1v) is 4.94. The van der Waals surface area contributed by atoms with Crippen LogP contribution in [0.3, 0.4) is 0 Å². The molecule has 0 radical (unpaired) electrons. The van der Waals surface area contributed by atoms with Crippen LogP contribution >= 0.6 is 0 Å². The normalized spacial score (nSPS) is 16.5. The van der Waals surface area contributed by atoms with Gasteiger partial charge in [0, 0.05) is 6.54 Å². The largest absolute Gasteiger partial charge is 0.330 e. The average Bonchev–Trinajstić information content (AvgIpc) is 1.98. The van der Waals surface area contributed by atoms with Crippen LogP contribution in [0.2, 0.25) is 0 Å². The van der Waals surface area contributed by atoms with E-state index in [1.165, 1.54) is 19.4 Å². The second kappa shape index (κ2) is 6.44. The van der Waals surface area contributed by atoms with Gasteiger partial charge in [0.15, 0.2) is 0 Å². The third-order valence-corrected chi connectivity index (χ3v) is 2.32. The molecule has 0 spiro atoms. The lowest BCUT2D eigenvalue weighted by Gasteiger charge is -2.21. The standard InChI is InChI=1S/C10H24N2/c1-5-10(7-11)6-9(2)8-12(3)4/h9-10H,5-8,11H2,1-4H3. The molecule has 12 heavy (non-hydrogen) atoms. The second-order valence-electron chi connectivity index (χ2n) is 4.11. The van der Waals surface area contributed by atoms with Gasteiger partial charge < -0.3 is 10.6 Å². The molecular weight excluding hydrogens is 148 g/mol. The highest BCUT2D eigenvalue weighted by Gasteiger charge is 2.10. The Morgan fingerprint density at radius 3 is 2.25 bits per heavy atom. The monoisotopic (exact) mass is 172 g/mol. The SMILES string of the molecule is CCC(CN)CC(C)CN(C)C. The quantitative estimate of drug-likeness (QED) is 0.659. The molecule has 2 heteroatoms. The predicted molar refractivity (Wildman–Crippen MR) is 55.2 cm³/mol. The molecule has 0 saturated heterocycles. The molecule has 0 rings (SSSR count). The van der Waals surface area contributed by atoms with Crippen molar-refractivity contribution in [3.8, 4) is 0 Å². The minimum absolute atomic E-state index is 0.722. The molecule has 0 amide bonds. The summed E-state index contributed by atoms with van der Waals surface area (Å²) in [6.45, 7) is 6.54. The first-order valence-electron chi connectivity index (χ1n) is 4.94. The minimum atomic E-state index is 0.722. The molecule has 0 aromatic heterocycles. The first kappa shape index (κ1) is 11.9. The van der Waals surface area contributed by atoms with E-state index in [0.29, 0.717) is 0 Å². The summed E-state index contributed by atoms with van der Waals surface area (Å²) >= 11 is 0. The van der Waals surface area contributed by atoms with Gasteiger partial charge in [0.25, 0.3) is 0 Å². The summed E-state index contributed by atoms with van der Waals surface area (Å²) in [4.78, 5) is 2.24. The molecular formula is C10H24N2. The van der Waals surface area contributed by atoms with E-state index in [2.05, 4.69) is 32.8 Å². The van der Waals surface area contributed by atoms with Crippen LogP contribution in [0.4, 0.5) is 0 Å². The minimum Gasteiger partial charge on any atom is -0.330 e. The van der Waals surface area contributed by atoms with E-state index < -0.39 is 0 Å². The van der Waals surface area contributed by atoms with E-state index in [-0.39, 0.29) is 0 Å². The summed E-state index contributed by atoms with van der Waals surface area (Å²) in [5.74, 6) is 1.49. The Morgan fingerprint density at radius 1 is 1.33 bits per heavy atom. The van der Waals surface area contributed by atoms with Crippen molar-refractivity contribution in [1.29, 1.82) is 0 Å². The van der Waals surface area contributed by atoms with Gasteiger partial charge in [-0.3, -0.25) is 0 Å². The van der Waals surface area contributed by atoms with Crippen molar-refractivity contribution in [2.75, 3.05) is 27.2 Å². The smallest absolute Gasteiger partial charge is 0.000103 e. The average molecular weight is 172 g/mol. The Bertz CT molecular complexity index is 98.0. The van der Waals surface area contributed by atoms with Crippen LogP contribution in [0, 0.1) is 11.8 Å². The predicted octanol–water partition coefficient (Wildman–Crippen LogP) is 1.56. The highest BCUT2D eigenvalue weighted by Crippen LogP contribution is 2.14. The highest BCUT2D eigenvalue weighted by atomic mass is 15.1. The van der Waals surface area contributed by atoms with E-state index in [1.807, 2.05) is 0 Å². The zero-order valence-corrected chi connectivity index (χ0v) is 9.01. The third-order valence-electron chi connectivity index (χ3n) is 2.32. The van der Waals surface area contributed by atoms with Crippen LogP contribution in [-0.2, 0) is 0 Å². The fraction of sp³-hybridized carbons (Fsp3) is 1.00. The number of rotatable bonds is 6. The topological polar surface area (TPSA) is 29.3 Å². The maximum atomic E-state index is 5.65. The lowest BCUT2D eigenvalue weighted by molar-refractivity contribution is 0.291. The van der Waals surface area contributed by atoms with Gasteiger partial charge in [-0.05, 0) is 38.9 Å². The zero-order valence-electron chi connectivity index (χ0n) is 9.01. The van der Waals surface area contributed by atoms with Gasteiger partial charge >= 0.3 is 0 Å². The van der Waals surface area contributed by atoms with E-state index >= 15 is 0 Å². The molecule has 0 aromatic carbocycles. The number of nitrogens with two attached hydrogens (primary N) is 1. The molecule has 2 N–H and O–H groups in total. The Labute approximate surface area is 77.1 Å². The van der Waals surface area contributed by atoms with Crippen LogP contribution in [0.15, 0.2) is 0 Å². The summed E-state index contributed by atoms with van der Waals surface area (Å²) in [5, 5.41) is 0. The van der Waals surface area contributed by atoms with Gasteiger partial charge in [-0.15, -0.1) is 0 Å². The van der Waals surface area contributed by atoms with E-state index in [4.69, 9.17) is 5.73 Å². The van der Waals surface area contributed by atoms with Crippen LogP contribution in [0.1, 0.15) is 26.7 Å². The first-order chi connectivity index (χ1) is 5.60. The van der Waals surface area contributed by atoms with Crippen molar-refractivity contribution in [2.24, 2.45) is 17.6 Å². The van der Waals surface area contributed by atoms with E-state index in [0.717, 1.165) is 18.4 Å². The van der Waals surface area contributed by atoms with Crippen LogP contribution in [0.5, 0.6) is 0 Å². The number of hydrogen-bond acceptors (Lipinski definition) is 2. The van der Waals surface area contributed by atoms with Crippen molar-refractivity contribution in [3.63, 3.8) is 0 Å². The molecule has 0 aromatic rings. The van der Waals surface area contributed by atoms with Gasteiger partial charge in [-0.1, -0.05) is 20.3 Å². The Balaban J connectivity index is 3.58. The summed E-state index contributed by atoms with van der Waals surface area (Å²) in [6, 6.07) is 0. The van der Waals surface area contributed by atoms with Crippen molar-refractivity contribution in [3.05, 3.63) is 0 Å². The van der Waals surface area contributed by atoms with Gasteiger partial charge in [0.1, 0.15) is 0 Å². The molecule has 0 bridgehead atoms. The molecule has 0 saturated carbocycles. The van der Waals surface area contributed by atoms with E-state index in [1.54, 1.807) is 0 Å². The fourth-order valence-electron chi connectivity index (χ4n) is 1.70. The van der Waals surface area contributed by atoms with Gasteiger partial charge in [-0.2, -0.15) is 0 Å². The highest BCUT2D eigenvalue weighted by molar-refractivity contribution is 4.64. The molecule has 74 valence electrons. The van der Waals surface area contributed by atoms with Crippen LogP contribution in [0.25, 0.3) is 0 Å². The third kappa shape index (κ3) is 5.56.